The Balaban J connectivity index is 1.69. The molecule has 4 unspecified atom stereocenters. The second-order valence-electron chi connectivity index (χ2n) is 7.07. The van der Waals surface area contributed by atoms with E-state index in [1.54, 1.807) is 0 Å². The molecule has 0 radical (unpaired) electrons. The van der Waals surface area contributed by atoms with Crippen LogP contribution >= 0.6 is 11.8 Å². The van der Waals surface area contributed by atoms with Crippen LogP contribution in [0, 0.1) is 17.8 Å². The van der Waals surface area contributed by atoms with Gasteiger partial charge in [0.2, 0.25) is 0 Å². The Hall–Kier alpha value is -0.420. The van der Waals surface area contributed by atoms with E-state index in [9.17, 15) is 9.90 Å². The SMILES string of the molecule is CC(C)(C)SCCNC(=O)NC1C2CCC(C2)C1CO. The fourth-order valence-electron chi connectivity index (χ4n) is 3.62. The Bertz CT molecular complexity index is 343. The zero-order valence-corrected chi connectivity index (χ0v) is 13.6. The van der Waals surface area contributed by atoms with E-state index in [0.717, 1.165) is 5.75 Å². The summed E-state index contributed by atoms with van der Waals surface area (Å²) in [6.45, 7) is 7.43. The van der Waals surface area contributed by atoms with Gasteiger partial charge in [0.05, 0.1) is 0 Å². The van der Waals surface area contributed by atoms with E-state index in [0.29, 0.717) is 18.4 Å². The molecule has 0 aromatic heterocycles. The Morgan fingerprint density at radius 1 is 1.30 bits per heavy atom. The summed E-state index contributed by atoms with van der Waals surface area (Å²) in [5, 5.41) is 15.5. The lowest BCUT2D eigenvalue weighted by atomic mass is 9.85. The number of thioether (sulfide) groups is 1. The van der Waals surface area contributed by atoms with E-state index in [4.69, 9.17) is 0 Å². The van der Waals surface area contributed by atoms with Gasteiger partial charge in [-0.15, -0.1) is 0 Å². The summed E-state index contributed by atoms with van der Waals surface area (Å²) in [6.07, 6.45) is 3.60. The maximum absolute atomic E-state index is 11.9. The summed E-state index contributed by atoms with van der Waals surface area (Å²) in [4.78, 5) is 11.9. The normalized spacial score (nSPS) is 32.4. The van der Waals surface area contributed by atoms with Crippen LogP contribution in [0.2, 0.25) is 0 Å². The third-order valence-electron chi connectivity index (χ3n) is 4.52. The summed E-state index contributed by atoms with van der Waals surface area (Å²) in [6, 6.07) is 0.101. The van der Waals surface area contributed by atoms with Gasteiger partial charge in [-0.05, 0) is 31.1 Å². The van der Waals surface area contributed by atoms with E-state index < -0.39 is 0 Å². The van der Waals surface area contributed by atoms with Gasteiger partial charge in [0, 0.05) is 35.6 Å². The second-order valence-corrected chi connectivity index (χ2v) is 8.99. The highest BCUT2D eigenvalue weighted by Gasteiger charge is 2.47. The van der Waals surface area contributed by atoms with Gasteiger partial charge in [0.15, 0.2) is 0 Å². The number of hydrogen-bond donors (Lipinski definition) is 3. The fraction of sp³-hybridized carbons (Fsp3) is 0.933. The number of carbonyl (C=O) groups excluding carboxylic acids is 1. The molecule has 3 N–H and O–H groups in total. The molecule has 2 aliphatic carbocycles. The number of rotatable bonds is 5. The Kier molecular flexibility index (Phi) is 5.24. The first kappa shape index (κ1) is 16.0. The van der Waals surface area contributed by atoms with Crippen LogP contribution in [0.1, 0.15) is 40.0 Å². The predicted octanol–water partition coefficient (Wildman–Crippen LogP) is 2.22. The molecule has 0 aliphatic heterocycles. The molecule has 0 spiro atoms. The number of aliphatic hydroxyl groups is 1. The number of nitrogens with one attached hydrogen (secondary N) is 2. The van der Waals surface area contributed by atoms with Crippen LogP contribution in [0.25, 0.3) is 0 Å². The monoisotopic (exact) mass is 300 g/mol. The Morgan fingerprint density at radius 3 is 2.65 bits per heavy atom. The van der Waals surface area contributed by atoms with Crippen LogP contribution in [0.3, 0.4) is 0 Å². The van der Waals surface area contributed by atoms with Crippen LogP contribution in [0.15, 0.2) is 0 Å². The van der Waals surface area contributed by atoms with E-state index in [2.05, 4.69) is 31.4 Å². The molecule has 0 saturated heterocycles. The molecule has 0 aromatic carbocycles. The number of hydrogen-bond acceptors (Lipinski definition) is 3. The number of aliphatic hydroxyl groups excluding tert-OH is 1. The second kappa shape index (κ2) is 6.56. The Labute approximate surface area is 126 Å². The average molecular weight is 300 g/mol. The number of carbonyl (C=O) groups is 1. The topological polar surface area (TPSA) is 61.4 Å². The van der Waals surface area contributed by atoms with Crippen molar-refractivity contribution < 1.29 is 9.90 Å². The highest BCUT2D eigenvalue weighted by Crippen LogP contribution is 2.48. The maximum atomic E-state index is 11.9. The molecule has 2 saturated carbocycles. The van der Waals surface area contributed by atoms with Crippen molar-refractivity contribution >= 4 is 17.8 Å². The molecule has 0 heterocycles. The Morgan fingerprint density at radius 2 is 2.00 bits per heavy atom. The third kappa shape index (κ3) is 4.04. The van der Waals surface area contributed by atoms with Crippen molar-refractivity contribution in [2.24, 2.45) is 17.8 Å². The van der Waals surface area contributed by atoms with Gasteiger partial charge in [-0.3, -0.25) is 0 Å². The van der Waals surface area contributed by atoms with Crippen molar-refractivity contribution in [3.63, 3.8) is 0 Å². The summed E-state index contributed by atoms with van der Waals surface area (Å²) in [5.41, 5.74) is 0. The molecule has 2 bridgehead atoms. The van der Waals surface area contributed by atoms with Crippen molar-refractivity contribution in [3.05, 3.63) is 0 Å². The molecule has 4 atom stereocenters. The number of fused-ring (bicyclic) bond motifs is 2. The van der Waals surface area contributed by atoms with Gasteiger partial charge in [-0.1, -0.05) is 20.8 Å². The van der Waals surface area contributed by atoms with Crippen molar-refractivity contribution in [1.82, 2.24) is 10.6 Å². The lowest BCUT2D eigenvalue weighted by Gasteiger charge is -2.30. The van der Waals surface area contributed by atoms with Crippen LogP contribution in [0.4, 0.5) is 4.79 Å². The van der Waals surface area contributed by atoms with Crippen LogP contribution in [-0.4, -0.2) is 40.8 Å². The molecule has 2 amide bonds. The van der Waals surface area contributed by atoms with E-state index in [-0.39, 0.29) is 29.3 Å². The van der Waals surface area contributed by atoms with E-state index in [1.807, 2.05) is 11.8 Å². The molecule has 116 valence electrons. The molecule has 2 fully saturated rings. The quantitative estimate of drug-likeness (QED) is 0.682. The summed E-state index contributed by atoms with van der Waals surface area (Å²) < 4.78 is 0.241. The summed E-state index contributed by atoms with van der Waals surface area (Å²) in [5.74, 6) is 2.39. The fourth-order valence-corrected chi connectivity index (χ4v) is 4.44. The lowest BCUT2D eigenvalue weighted by molar-refractivity contribution is 0.144. The van der Waals surface area contributed by atoms with Gasteiger partial charge in [-0.2, -0.15) is 11.8 Å². The minimum atomic E-state index is -0.0736. The molecular formula is C15H28N2O2S. The highest BCUT2D eigenvalue weighted by molar-refractivity contribution is 8.00. The number of amides is 2. The van der Waals surface area contributed by atoms with E-state index >= 15 is 0 Å². The molecule has 0 aromatic rings. The third-order valence-corrected chi connectivity index (χ3v) is 5.79. The summed E-state index contributed by atoms with van der Waals surface area (Å²) in [7, 11) is 0. The number of urea groups is 1. The van der Waals surface area contributed by atoms with Gasteiger partial charge in [0.1, 0.15) is 0 Å². The van der Waals surface area contributed by atoms with Gasteiger partial charge >= 0.3 is 6.03 Å². The lowest BCUT2D eigenvalue weighted by Crippen LogP contribution is -2.49. The molecular weight excluding hydrogens is 272 g/mol. The van der Waals surface area contributed by atoms with Crippen LogP contribution in [0.5, 0.6) is 0 Å². The first-order valence-electron chi connectivity index (χ1n) is 7.70. The first-order chi connectivity index (χ1) is 9.40. The molecule has 20 heavy (non-hydrogen) atoms. The van der Waals surface area contributed by atoms with Crippen molar-refractivity contribution in [1.29, 1.82) is 0 Å². The largest absolute Gasteiger partial charge is 0.396 e. The van der Waals surface area contributed by atoms with Gasteiger partial charge in [0.25, 0.3) is 0 Å². The van der Waals surface area contributed by atoms with Crippen LogP contribution < -0.4 is 10.6 Å². The molecule has 2 aliphatic rings. The highest BCUT2D eigenvalue weighted by atomic mass is 32.2. The van der Waals surface area contributed by atoms with Crippen molar-refractivity contribution in [3.8, 4) is 0 Å². The van der Waals surface area contributed by atoms with E-state index in [1.165, 1.54) is 19.3 Å². The average Bonchev–Trinajstić information content (AvgIpc) is 2.94. The van der Waals surface area contributed by atoms with Gasteiger partial charge < -0.3 is 15.7 Å². The molecule has 2 rings (SSSR count). The minimum absolute atomic E-state index is 0.0736. The first-order valence-corrected chi connectivity index (χ1v) is 8.68. The minimum Gasteiger partial charge on any atom is -0.396 e. The maximum Gasteiger partial charge on any atom is 0.315 e. The smallest absolute Gasteiger partial charge is 0.315 e. The summed E-state index contributed by atoms with van der Waals surface area (Å²) >= 11 is 1.85. The molecule has 5 heteroatoms. The van der Waals surface area contributed by atoms with Gasteiger partial charge in [-0.25, -0.2) is 4.79 Å². The zero-order chi connectivity index (χ0) is 14.8. The molecule has 4 nitrogen and oxygen atoms in total. The van der Waals surface area contributed by atoms with Crippen LogP contribution in [-0.2, 0) is 0 Å². The zero-order valence-electron chi connectivity index (χ0n) is 12.8. The standard InChI is InChI=1S/C15H28N2O2S/c1-15(2,3)20-7-6-16-14(19)17-13-11-5-4-10(8-11)12(13)9-18/h10-13,18H,4-9H2,1-3H3,(H2,16,17,19). The van der Waals surface area contributed by atoms with Crippen molar-refractivity contribution in [2.75, 3.05) is 18.9 Å². The van der Waals surface area contributed by atoms with Crippen molar-refractivity contribution in [2.45, 2.75) is 50.8 Å². The predicted molar refractivity (Wildman–Crippen MR) is 83.9 cm³/mol.